The van der Waals surface area contributed by atoms with Crippen LogP contribution in [0.25, 0.3) is 0 Å². The molecule has 0 unspecified atom stereocenters. The predicted molar refractivity (Wildman–Crippen MR) is 44.8 cm³/mol. The quantitative estimate of drug-likeness (QED) is 0.550. The maximum Gasteiger partial charge on any atom is 0.186 e. The van der Waals surface area contributed by atoms with Gasteiger partial charge in [0.1, 0.15) is 0 Å². The fourth-order valence-electron chi connectivity index (χ4n) is 0.711. The Hall–Kier alpha value is -0.930. The zero-order valence-corrected chi connectivity index (χ0v) is 6.73. The Morgan fingerprint density at radius 2 is 2.55 bits per heavy atom. The highest BCUT2D eigenvalue weighted by Gasteiger charge is 2.03. The minimum absolute atomic E-state index is 0.00487. The number of rotatable bonds is 3. The summed E-state index contributed by atoms with van der Waals surface area (Å²) in [6, 6.07) is 1.68. The molecule has 0 saturated heterocycles. The molecule has 1 aromatic heterocycles. The molecule has 58 valence electrons. The van der Waals surface area contributed by atoms with E-state index in [1.165, 1.54) is 17.4 Å². The minimum Gasteiger partial charge on any atom is -0.391 e. The number of hydrogen-bond donors (Lipinski definition) is 1. The van der Waals surface area contributed by atoms with Crippen molar-refractivity contribution in [1.29, 1.82) is 0 Å². The van der Waals surface area contributed by atoms with E-state index in [0.29, 0.717) is 5.56 Å². The van der Waals surface area contributed by atoms with E-state index >= 15 is 0 Å². The molecule has 0 radical (unpaired) electrons. The third-order valence-electron chi connectivity index (χ3n) is 1.28. The first kappa shape index (κ1) is 8.17. The number of allylic oxidation sites excluding steroid dienone is 1. The van der Waals surface area contributed by atoms with Gasteiger partial charge in [-0.05, 0) is 12.1 Å². The van der Waals surface area contributed by atoms with Crippen molar-refractivity contribution in [3.63, 3.8) is 0 Å². The Morgan fingerprint density at radius 3 is 3.00 bits per heavy atom. The van der Waals surface area contributed by atoms with E-state index in [1.807, 2.05) is 0 Å². The highest BCUT2D eigenvalue weighted by Crippen LogP contribution is 2.14. The molecule has 0 aliphatic rings. The third kappa shape index (κ3) is 1.76. The van der Waals surface area contributed by atoms with Crippen LogP contribution >= 0.6 is 11.3 Å². The second-order valence-electron chi connectivity index (χ2n) is 2.03. The topological polar surface area (TPSA) is 37.3 Å². The van der Waals surface area contributed by atoms with Crippen molar-refractivity contribution in [3.8, 4) is 0 Å². The van der Waals surface area contributed by atoms with Gasteiger partial charge in [0, 0.05) is 15.8 Å². The van der Waals surface area contributed by atoms with E-state index in [1.54, 1.807) is 11.4 Å². The predicted octanol–water partition coefficient (Wildman–Crippen LogP) is 1.61. The number of thiophene rings is 1. The van der Waals surface area contributed by atoms with Crippen LogP contribution in [0.2, 0.25) is 0 Å². The molecular weight excluding hydrogens is 160 g/mol. The van der Waals surface area contributed by atoms with E-state index in [4.69, 9.17) is 5.11 Å². The van der Waals surface area contributed by atoms with Gasteiger partial charge >= 0.3 is 0 Å². The molecule has 1 aromatic rings. The van der Waals surface area contributed by atoms with Gasteiger partial charge in [0.2, 0.25) is 0 Å². The van der Waals surface area contributed by atoms with Gasteiger partial charge < -0.3 is 5.11 Å². The second kappa shape index (κ2) is 3.46. The Labute approximate surface area is 68.8 Å². The van der Waals surface area contributed by atoms with Crippen LogP contribution in [0.4, 0.5) is 0 Å². The second-order valence-corrected chi connectivity index (χ2v) is 3.02. The molecule has 2 nitrogen and oxygen atoms in total. The Bertz CT molecular complexity index is 275. The lowest BCUT2D eigenvalue weighted by atomic mass is 10.2. The van der Waals surface area contributed by atoms with Crippen LogP contribution in [0.1, 0.15) is 15.2 Å². The number of hydrogen-bond acceptors (Lipinski definition) is 3. The fourth-order valence-corrected chi connectivity index (χ4v) is 1.44. The molecule has 0 bridgehead atoms. The van der Waals surface area contributed by atoms with Crippen molar-refractivity contribution in [2.75, 3.05) is 0 Å². The van der Waals surface area contributed by atoms with Crippen LogP contribution in [0, 0.1) is 0 Å². The SMILES string of the molecule is C=CC(=O)c1csc(CO)c1. The summed E-state index contributed by atoms with van der Waals surface area (Å²) in [5, 5.41) is 10.4. The molecule has 0 fully saturated rings. The molecule has 3 heteroatoms. The van der Waals surface area contributed by atoms with Crippen LogP contribution in [0.15, 0.2) is 24.1 Å². The summed E-state index contributed by atoms with van der Waals surface area (Å²) in [4.78, 5) is 11.8. The molecule has 0 atom stereocenters. The zero-order chi connectivity index (χ0) is 8.27. The van der Waals surface area contributed by atoms with Gasteiger partial charge in [0.25, 0.3) is 0 Å². The van der Waals surface area contributed by atoms with Gasteiger partial charge in [-0.1, -0.05) is 6.58 Å². The smallest absolute Gasteiger partial charge is 0.186 e. The number of aliphatic hydroxyl groups is 1. The van der Waals surface area contributed by atoms with Crippen molar-refractivity contribution < 1.29 is 9.90 Å². The lowest BCUT2D eigenvalue weighted by Gasteiger charge is -1.84. The van der Waals surface area contributed by atoms with Crippen molar-refractivity contribution >= 4 is 17.1 Å². The lowest BCUT2D eigenvalue weighted by molar-refractivity contribution is 0.104. The van der Waals surface area contributed by atoms with Crippen LogP contribution in [-0.4, -0.2) is 10.9 Å². The monoisotopic (exact) mass is 168 g/mol. The minimum atomic E-state index is -0.0963. The average molecular weight is 168 g/mol. The molecule has 0 saturated carbocycles. The lowest BCUT2D eigenvalue weighted by Crippen LogP contribution is -1.89. The van der Waals surface area contributed by atoms with E-state index in [2.05, 4.69) is 6.58 Å². The molecule has 1 heterocycles. The largest absolute Gasteiger partial charge is 0.391 e. The summed E-state index contributed by atoms with van der Waals surface area (Å²) in [5.41, 5.74) is 0.606. The van der Waals surface area contributed by atoms with E-state index in [9.17, 15) is 4.79 Å². The molecule has 0 aromatic carbocycles. The molecular formula is C8H8O2S. The van der Waals surface area contributed by atoms with E-state index < -0.39 is 0 Å². The first-order chi connectivity index (χ1) is 5.27. The van der Waals surface area contributed by atoms with Crippen molar-refractivity contribution in [2.24, 2.45) is 0 Å². The number of carbonyl (C=O) groups excluding carboxylic acids is 1. The zero-order valence-electron chi connectivity index (χ0n) is 5.91. The van der Waals surface area contributed by atoms with Crippen molar-refractivity contribution in [1.82, 2.24) is 0 Å². The van der Waals surface area contributed by atoms with Crippen molar-refractivity contribution in [3.05, 3.63) is 34.5 Å². The third-order valence-corrected chi connectivity index (χ3v) is 2.20. The molecule has 1 N–H and O–H groups in total. The summed E-state index contributed by atoms with van der Waals surface area (Å²) >= 11 is 1.37. The molecule has 11 heavy (non-hydrogen) atoms. The van der Waals surface area contributed by atoms with Gasteiger partial charge in [0.05, 0.1) is 6.61 Å². The molecule has 1 rings (SSSR count). The number of carbonyl (C=O) groups is 1. The average Bonchev–Trinajstić information content (AvgIpc) is 2.50. The molecule has 0 amide bonds. The fraction of sp³-hybridized carbons (Fsp3) is 0.125. The van der Waals surface area contributed by atoms with Crippen LogP contribution in [-0.2, 0) is 6.61 Å². The van der Waals surface area contributed by atoms with Crippen LogP contribution in [0.5, 0.6) is 0 Å². The summed E-state index contributed by atoms with van der Waals surface area (Å²) in [6.07, 6.45) is 1.27. The maximum atomic E-state index is 10.9. The van der Waals surface area contributed by atoms with Gasteiger partial charge in [-0.25, -0.2) is 0 Å². The summed E-state index contributed by atoms with van der Waals surface area (Å²) in [5.74, 6) is -0.0963. The first-order valence-corrected chi connectivity index (χ1v) is 4.01. The maximum absolute atomic E-state index is 10.9. The number of aliphatic hydroxyl groups excluding tert-OH is 1. The van der Waals surface area contributed by atoms with E-state index in [-0.39, 0.29) is 12.4 Å². The summed E-state index contributed by atoms with van der Waals surface area (Å²) < 4.78 is 0. The Balaban J connectivity index is 2.88. The Kier molecular flexibility index (Phi) is 2.57. The highest BCUT2D eigenvalue weighted by atomic mass is 32.1. The standard InChI is InChI=1S/C8H8O2S/c1-2-8(10)6-3-7(4-9)11-5-6/h2-3,5,9H,1,4H2. The highest BCUT2D eigenvalue weighted by molar-refractivity contribution is 7.10. The molecule has 0 aliphatic carbocycles. The first-order valence-electron chi connectivity index (χ1n) is 3.13. The molecule has 0 spiro atoms. The summed E-state index contributed by atoms with van der Waals surface area (Å²) in [6.45, 7) is 3.36. The van der Waals surface area contributed by atoms with Crippen LogP contribution < -0.4 is 0 Å². The van der Waals surface area contributed by atoms with Gasteiger partial charge in [-0.2, -0.15) is 0 Å². The van der Waals surface area contributed by atoms with Gasteiger partial charge in [-0.3, -0.25) is 4.79 Å². The van der Waals surface area contributed by atoms with Gasteiger partial charge in [-0.15, -0.1) is 11.3 Å². The molecule has 0 aliphatic heterocycles. The van der Waals surface area contributed by atoms with E-state index in [0.717, 1.165) is 4.88 Å². The number of ketones is 1. The van der Waals surface area contributed by atoms with Gasteiger partial charge in [0.15, 0.2) is 5.78 Å². The Morgan fingerprint density at radius 1 is 1.82 bits per heavy atom. The van der Waals surface area contributed by atoms with Crippen LogP contribution in [0.3, 0.4) is 0 Å². The van der Waals surface area contributed by atoms with Crippen molar-refractivity contribution in [2.45, 2.75) is 6.61 Å². The summed E-state index contributed by atoms with van der Waals surface area (Å²) in [7, 11) is 0. The normalized spacial score (nSPS) is 9.55.